The molecule has 2 aromatic carbocycles. The van der Waals surface area contributed by atoms with E-state index in [0.29, 0.717) is 17.9 Å². The summed E-state index contributed by atoms with van der Waals surface area (Å²) in [5.74, 6) is 0.0358. The maximum atomic E-state index is 12.0. The third-order valence-corrected chi connectivity index (χ3v) is 3.47. The second kappa shape index (κ2) is 6.58. The van der Waals surface area contributed by atoms with Crippen molar-refractivity contribution in [2.75, 3.05) is 5.32 Å². The highest BCUT2D eigenvalue weighted by Gasteiger charge is 2.05. The van der Waals surface area contributed by atoms with Gasteiger partial charge in [-0.2, -0.15) is 0 Å². The molecule has 0 radical (unpaired) electrons. The molecule has 0 atom stereocenters. The highest BCUT2D eigenvalue weighted by molar-refractivity contribution is 6.30. The Bertz CT molecular complexity index is 605. The van der Waals surface area contributed by atoms with Crippen LogP contribution in [0.25, 0.3) is 0 Å². The molecule has 0 spiro atoms. The van der Waals surface area contributed by atoms with Crippen molar-refractivity contribution in [2.45, 2.75) is 26.7 Å². The van der Waals surface area contributed by atoms with Crippen LogP contribution in [0.1, 0.15) is 23.1 Å². The maximum absolute atomic E-state index is 12.0. The van der Waals surface area contributed by atoms with Crippen molar-refractivity contribution in [1.29, 1.82) is 0 Å². The molecule has 1 N–H and O–H groups in total. The van der Waals surface area contributed by atoms with Crippen LogP contribution >= 0.6 is 11.6 Å². The summed E-state index contributed by atoms with van der Waals surface area (Å²) in [5, 5.41) is 3.68. The fourth-order valence-electron chi connectivity index (χ4n) is 1.99. The Morgan fingerprint density at radius 1 is 1.10 bits per heavy atom. The van der Waals surface area contributed by atoms with Gasteiger partial charge in [0.05, 0.1) is 0 Å². The Labute approximate surface area is 124 Å². The van der Waals surface area contributed by atoms with Crippen LogP contribution in [0.4, 0.5) is 5.69 Å². The van der Waals surface area contributed by atoms with Gasteiger partial charge in [-0.25, -0.2) is 0 Å². The van der Waals surface area contributed by atoms with Gasteiger partial charge in [0.25, 0.3) is 0 Å². The van der Waals surface area contributed by atoms with Crippen LogP contribution in [0, 0.1) is 13.8 Å². The number of carbonyl (C=O) groups excluding carboxylic acids is 1. The van der Waals surface area contributed by atoms with E-state index in [2.05, 4.69) is 5.32 Å². The van der Waals surface area contributed by atoms with Crippen LogP contribution in [-0.2, 0) is 11.2 Å². The molecule has 2 aromatic rings. The van der Waals surface area contributed by atoms with Gasteiger partial charge >= 0.3 is 0 Å². The van der Waals surface area contributed by atoms with Crippen molar-refractivity contribution in [3.05, 3.63) is 64.2 Å². The average molecular weight is 288 g/mol. The minimum atomic E-state index is 0.0358. The number of benzene rings is 2. The van der Waals surface area contributed by atoms with Crippen molar-refractivity contribution in [3.8, 4) is 0 Å². The summed E-state index contributed by atoms with van der Waals surface area (Å²) < 4.78 is 0. The van der Waals surface area contributed by atoms with Crippen LogP contribution in [0.3, 0.4) is 0 Å². The first kappa shape index (κ1) is 14.6. The molecule has 0 saturated heterocycles. The van der Waals surface area contributed by atoms with E-state index in [0.717, 1.165) is 22.4 Å². The van der Waals surface area contributed by atoms with E-state index in [1.807, 2.05) is 56.3 Å². The summed E-state index contributed by atoms with van der Waals surface area (Å²) in [4.78, 5) is 12.0. The van der Waals surface area contributed by atoms with E-state index in [-0.39, 0.29) is 5.91 Å². The lowest BCUT2D eigenvalue weighted by Crippen LogP contribution is -2.13. The summed E-state index contributed by atoms with van der Waals surface area (Å²) in [7, 11) is 0. The number of halogens is 1. The third-order valence-electron chi connectivity index (χ3n) is 3.22. The Balaban J connectivity index is 1.92. The van der Waals surface area contributed by atoms with E-state index in [4.69, 9.17) is 11.6 Å². The number of aryl methyl sites for hydroxylation is 3. The van der Waals surface area contributed by atoms with Crippen molar-refractivity contribution < 1.29 is 4.79 Å². The second-order valence-corrected chi connectivity index (χ2v) is 5.43. The summed E-state index contributed by atoms with van der Waals surface area (Å²) in [6.45, 7) is 4.01. The van der Waals surface area contributed by atoms with Gasteiger partial charge in [-0.1, -0.05) is 35.9 Å². The van der Waals surface area contributed by atoms with Crippen molar-refractivity contribution >= 4 is 23.2 Å². The van der Waals surface area contributed by atoms with Gasteiger partial charge < -0.3 is 5.32 Å². The first-order chi connectivity index (χ1) is 9.54. The number of nitrogens with one attached hydrogen (secondary N) is 1. The van der Waals surface area contributed by atoms with Gasteiger partial charge in [0.1, 0.15) is 0 Å². The summed E-state index contributed by atoms with van der Waals surface area (Å²) >= 11 is 5.83. The Hall–Kier alpha value is -1.80. The average Bonchev–Trinajstić information content (AvgIpc) is 2.42. The van der Waals surface area contributed by atoms with Gasteiger partial charge in [-0.3, -0.25) is 4.79 Å². The number of hydrogen-bond donors (Lipinski definition) is 1. The van der Waals surface area contributed by atoms with Crippen LogP contribution in [-0.4, -0.2) is 5.91 Å². The Kier molecular flexibility index (Phi) is 4.80. The number of anilines is 1. The Morgan fingerprint density at radius 3 is 2.50 bits per heavy atom. The predicted octanol–water partition coefficient (Wildman–Crippen LogP) is 4.53. The van der Waals surface area contributed by atoms with E-state index < -0.39 is 0 Å². The second-order valence-electron chi connectivity index (χ2n) is 4.99. The van der Waals surface area contributed by atoms with Crippen molar-refractivity contribution in [3.63, 3.8) is 0 Å². The maximum Gasteiger partial charge on any atom is 0.224 e. The minimum absolute atomic E-state index is 0.0358. The number of amides is 1. The van der Waals surface area contributed by atoms with Crippen LogP contribution < -0.4 is 5.32 Å². The molecule has 0 heterocycles. The molecule has 0 aliphatic heterocycles. The molecule has 0 fully saturated rings. The zero-order chi connectivity index (χ0) is 14.5. The van der Waals surface area contributed by atoms with E-state index in [1.54, 1.807) is 0 Å². The standard InChI is InChI=1S/C17H18ClNO/c1-12-3-4-13(2)16(11-12)19-17(20)10-7-14-5-8-15(18)9-6-14/h3-6,8-9,11H,7,10H2,1-2H3,(H,19,20). The zero-order valence-corrected chi connectivity index (χ0v) is 12.5. The highest BCUT2D eigenvalue weighted by atomic mass is 35.5. The first-order valence-corrected chi connectivity index (χ1v) is 7.04. The molecule has 0 aromatic heterocycles. The fraction of sp³-hybridized carbons (Fsp3) is 0.235. The van der Waals surface area contributed by atoms with Gasteiger partial charge in [0.2, 0.25) is 5.91 Å². The molecule has 104 valence electrons. The molecular formula is C17H18ClNO. The molecule has 0 aliphatic carbocycles. The minimum Gasteiger partial charge on any atom is -0.326 e. The zero-order valence-electron chi connectivity index (χ0n) is 11.7. The molecule has 20 heavy (non-hydrogen) atoms. The van der Waals surface area contributed by atoms with Crippen LogP contribution in [0.2, 0.25) is 5.02 Å². The van der Waals surface area contributed by atoms with E-state index in [1.165, 1.54) is 0 Å². The van der Waals surface area contributed by atoms with E-state index >= 15 is 0 Å². The summed E-state index contributed by atoms with van der Waals surface area (Å²) in [6.07, 6.45) is 1.18. The summed E-state index contributed by atoms with van der Waals surface area (Å²) in [5.41, 5.74) is 4.23. The molecule has 0 bridgehead atoms. The highest BCUT2D eigenvalue weighted by Crippen LogP contribution is 2.17. The largest absolute Gasteiger partial charge is 0.326 e. The lowest BCUT2D eigenvalue weighted by atomic mass is 10.1. The molecule has 0 unspecified atom stereocenters. The van der Waals surface area contributed by atoms with Crippen LogP contribution in [0.5, 0.6) is 0 Å². The monoisotopic (exact) mass is 287 g/mol. The molecular weight excluding hydrogens is 270 g/mol. The molecule has 2 rings (SSSR count). The quantitative estimate of drug-likeness (QED) is 0.879. The molecule has 3 heteroatoms. The molecule has 2 nitrogen and oxygen atoms in total. The third kappa shape index (κ3) is 4.10. The molecule has 0 aliphatic rings. The van der Waals surface area contributed by atoms with Gasteiger partial charge in [0, 0.05) is 17.1 Å². The molecule has 1 amide bonds. The first-order valence-electron chi connectivity index (χ1n) is 6.66. The van der Waals surface area contributed by atoms with Crippen molar-refractivity contribution in [2.24, 2.45) is 0 Å². The Morgan fingerprint density at radius 2 is 1.80 bits per heavy atom. The fourth-order valence-corrected chi connectivity index (χ4v) is 2.12. The van der Waals surface area contributed by atoms with E-state index in [9.17, 15) is 4.79 Å². The number of rotatable bonds is 4. The smallest absolute Gasteiger partial charge is 0.224 e. The SMILES string of the molecule is Cc1ccc(C)c(NC(=O)CCc2ccc(Cl)cc2)c1. The summed E-state index contributed by atoms with van der Waals surface area (Å²) in [6, 6.07) is 13.7. The van der Waals surface area contributed by atoms with Gasteiger partial charge in [-0.05, 0) is 55.2 Å². The van der Waals surface area contributed by atoms with Crippen LogP contribution in [0.15, 0.2) is 42.5 Å². The number of hydrogen-bond acceptors (Lipinski definition) is 1. The lowest BCUT2D eigenvalue weighted by molar-refractivity contribution is -0.116. The topological polar surface area (TPSA) is 29.1 Å². The predicted molar refractivity (Wildman–Crippen MR) is 84.3 cm³/mol. The van der Waals surface area contributed by atoms with Gasteiger partial charge in [0.15, 0.2) is 0 Å². The molecule has 0 saturated carbocycles. The van der Waals surface area contributed by atoms with Gasteiger partial charge in [-0.15, -0.1) is 0 Å². The lowest BCUT2D eigenvalue weighted by Gasteiger charge is -2.09. The normalized spacial score (nSPS) is 10.3. The number of carbonyl (C=O) groups is 1. The van der Waals surface area contributed by atoms with Crippen molar-refractivity contribution in [1.82, 2.24) is 0 Å².